The molecule has 1 fully saturated rings. The molecule has 3 aromatic rings. The second kappa shape index (κ2) is 16.1. The van der Waals surface area contributed by atoms with E-state index in [1.807, 2.05) is 60.5 Å². The van der Waals surface area contributed by atoms with E-state index < -0.39 is 0 Å². The van der Waals surface area contributed by atoms with Crippen molar-refractivity contribution in [1.29, 1.82) is 0 Å². The Morgan fingerprint density at radius 2 is 1.49 bits per heavy atom. The molecular formula is C34H41ClN4O2. The molecule has 216 valence electrons. The summed E-state index contributed by atoms with van der Waals surface area (Å²) in [5.74, 6) is -0.0264. The third-order valence-corrected chi connectivity index (χ3v) is 7.79. The normalized spacial score (nSPS) is 14.7. The molecule has 2 N–H and O–H groups in total. The standard InChI is InChI=1S/C34H41ClN4O2/c1-38(25-31(28-11-5-2-6-12-28)29-13-7-3-8-14-29)34(41)32(26-39-23-9-4-10-24-39)36-21-22-37-33(40)20-17-27-15-18-30(35)19-16-27/h2-3,5-8,11-20,31-32,36H,4,9-10,21-26H2,1H3,(H,37,40)/b20-17+/t32-/m0/s1. The number of hydrogen-bond acceptors (Lipinski definition) is 4. The molecule has 41 heavy (non-hydrogen) atoms. The molecule has 1 aliphatic heterocycles. The molecular weight excluding hydrogens is 532 g/mol. The predicted molar refractivity (Wildman–Crippen MR) is 168 cm³/mol. The van der Waals surface area contributed by atoms with Crippen molar-refractivity contribution < 1.29 is 9.59 Å². The van der Waals surface area contributed by atoms with Gasteiger partial charge in [-0.25, -0.2) is 0 Å². The summed E-state index contributed by atoms with van der Waals surface area (Å²) in [6.45, 7) is 4.19. The minimum Gasteiger partial charge on any atom is -0.351 e. The summed E-state index contributed by atoms with van der Waals surface area (Å²) < 4.78 is 0. The highest BCUT2D eigenvalue weighted by Crippen LogP contribution is 2.25. The van der Waals surface area contributed by atoms with Gasteiger partial charge in [-0.3, -0.25) is 9.59 Å². The third kappa shape index (κ3) is 9.85. The Hall–Kier alpha value is -3.45. The summed E-state index contributed by atoms with van der Waals surface area (Å²) in [5.41, 5.74) is 3.28. The molecule has 2 amide bonds. The number of amides is 2. The van der Waals surface area contributed by atoms with Gasteiger partial charge in [0, 0.05) is 50.2 Å². The molecule has 0 radical (unpaired) electrons. The maximum absolute atomic E-state index is 13.9. The van der Waals surface area contributed by atoms with Crippen molar-refractivity contribution in [3.63, 3.8) is 0 Å². The van der Waals surface area contributed by atoms with Crippen LogP contribution in [0.2, 0.25) is 5.02 Å². The quantitative estimate of drug-likeness (QED) is 0.218. The van der Waals surface area contributed by atoms with Gasteiger partial charge in [0.15, 0.2) is 0 Å². The van der Waals surface area contributed by atoms with Crippen LogP contribution in [0.4, 0.5) is 0 Å². The first-order valence-corrected chi connectivity index (χ1v) is 14.9. The molecule has 1 aliphatic rings. The SMILES string of the molecule is CN(CC(c1ccccc1)c1ccccc1)C(=O)[C@H](CN1CCCCC1)NCCNC(=O)/C=C/c1ccc(Cl)cc1. The van der Waals surface area contributed by atoms with Crippen LogP contribution in [0.1, 0.15) is 41.9 Å². The van der Waals surface area contributed by atoms with Crippen LogP contribution in [-0.2, 0) is 9.59 Å². The molecule has 0 spiro atoms. The maximum Gasteiger partial charge on any atom is 0.244 e. The zero-order valence-corrected chi connectivity index (χ0v) is 24.6. The smallest absolute Gasteiger partial charge is 0.244 e. The number of likely N-dealkylation sites (N-methyl/N-ethyl adjacent to an activating group) is 1. The number of piperidine rings is 1. The molecule has 0 bridgehead atoms. The molecule has 1 atom stereocenters. The van der Waals surface area contributed by atoms with Crippen molar-refractivity contribution >= 4 is 29.5 Å². The highest BCUT2D eigenvalue weighted by molar-refractivity contribution is 6.30. The Balaban J connectivity index is 1.36. The van der Waals surface area contributed by atoms with Crippen LogP contribution in [0.15, 0.2) is 91.0 Å². The number of carbonyl (C=O) groups is 2. The first kappa shape index (κ1) is 30.5. The van der Waals surface area contributed by atoms with Gasteiger partial charge < -0.3 is 20.4 Å². The molecule has 1 heterocycles. The van der Waals surface area contributed by atoms with E-state index in [4.69, 9.17) is 11.6 Å². The van der Waals surface area contributed by atoms with Crippen molar-refractivity contribution in [1.82, 2.24) is 20.4 Å². The van der Waals surface area contributed by atoms with E-state index in [1.165, 1.54) is 23.6 Å². The lowest BCUT2D eigenvalue weighted by Crippen LogP contribution is -2.53. The number of nitrogens with one attached hydrogen (secondary N) is 2. The van der Waals surface area contributed by atoms with Crippen LogP contribution in [-0.4, -0.2) is 74.0 Å². The van der Waals surface area contributed by atoms with E-state index >= 15 is 0 Å². The average Bonchev–Trinajstić information content (AvgIpc) is 3.02. The van der Waals surface area contributed by atoms with Crippen LogP contribution >= 0.6 is 11.6 Å². The van der Waals surface area contributed by atoms with E-state index in [2.05, 4.69) is 39.8 Å². The fourth-order valence-electron chi connectivity index (χ4n) is 5.27. The van der Waals surface area contributed by atoms with Crippen molar-refractivity contribution in [3.05, 3.63) is 113 Å². The lowest BCUT2D eigenvalue weighted by molar-refractivity contribution is -0.132. The lowest BCUT2D eigenvalue weighted by Gasteiger charge is -2.33. The van der Waals surface area contributed by atoms with E-state index in [9.17, 15) is 9.59 Å². The van der Waals surface area contributed by atoms with E-state index in [0.717, 1.165) is 31.5 Å². The Labute approximate surface area is 249 Å². The van der Waals surface area contributed by atoms with Crippen LogP contribution in [0, 0.1) is 0 Å². The summed E-state index contributed by atoms with van der Waals surface area (Å²) >= 11 is 5.93. The van der Waals surface area contributed by atoms with Crippen molar-refractivity contribution in [2.45, 2.75) is 31.2 Å². The van der Waals surface area contributed by atoms with Crippen molar-refractivity contribution in [2.24, 2.45) is 0 Å². The van der Waals surface area contributed by atoms with Gasteiger partial charge in [0.1, 0.15) is 0 Å². The maximum atomic E-state index is 13.9. The van der Waals surface area contributed by atoms with Gasteiger partial charge in [-0.15, -0.1) is 0 Å². The van der Waals surface area contributed by atoms with Crippen LogP contribution < -0.4 is 10.6 Å². The number of hydrogen-bond donors (Lipinski definition) is 2. The van der Waals surface area contributed by atoms with Gasteiger partial charge in [-0.2, -0.15) is 0 Å². The van der Waals surface area contributed by atoms with Gasteiger partial charge in [0.05, 0.1) is 6.04 Å². The van der Waals surface area contributed by atoms with Crippen LogP contribution in [0.5, 0.6) is 0 Å². The molecule has 6 nitrogen and oxygen atoms in total. The summed E-state index contributed by atoms with van der Waals surface area (Å²) in [7, 11) is 1.90. The molecule has 7 heteroatoms. The second-order valence-electron chi connectivity index (χ2n) is 10.6. The third-order valence-electron chi connectivity index (χ3n) is 7.54. The van der Waals surface area contributed by atoms with Gasteiger partial charge in [0.25, 0.3) is 0 Å². The minimum absolute atomic E-state index is 0.0707. The second-order valence-corrected chi connectivity index (χ2v) is 11.1. The fraction of sp³-hybridized carbons (Fsp3) is 0.353. The molecule has 3 aromatic carbocycles. The molecule has 1 saturated heterocycles. The minimum atomic E-state index is -0.355. The lowest BCUT2D eigenvalue weighted by atomic mass is 9.90. The summed E-state index contributed by atoms with van der Waals surface area (Å²) in [5, 5.41) is 7.02. The Kier molecular flexibility index (Phi) is 12.0. The van der Waals surface area contributed by atoms with Crippen molar-refractivity contribution in [2.75, 3.05) is 46.3 Å². The van der Waals surface area contributed by atoms with E-state index in [0.29, 0.717) is 31.2 Å². The van der Waals surface area contributed by atoms with E-state index in [-0.39, 0.29) is 23.8 Å². The largest absolute Gasteiger partial charge is 0.351 e. The van der Waals surface area contributed by atoms with Crippen molar-refractivity contribution in [3.8, 4) is 0 Å². The summed E-state index contributed by atoms with van der Waals surface area (Å²) in [4.78, 5) is 30.4. The highest BCUT2D eigenvalue weighted by atomic mass is 35.5. The van der Waals surface area contributed by atoms with E-state index in [1.54, 1.807) is 18.2 Å². The van der Waals surface area contributed by atoms with Crippen LogP contribution in [0.25, 0.3) is 6.08 Å². The number of likely N-dealkylation sites (tertiary alicyclic amines) is 1. The number of nitrogens with zero attached hydrogens (tertiary/aromatic N) is 2. The summed E-state index contributed by atoms with van der Waals surface area (Å²) in [6, 6.07) is 27.7. The number of rotatable bonds is 13. The highest BCUT2D eigenvalue weighted by Gasteiger charge is 2.27. The zero-order valence-electron chi connectivity index (χ0n) is 23.8. The molecule has 0 unspecified atom stereocenters. The first-order chi connectivity index (χ1) is 20.0. The van der Waals surface area contributed by atoms with Gasteiger partial charge in [0.2, 0.25) is 11.8 Å². The Morgan fingerprint density at radius 3 is 2.10 bits per heavy atom. The van der Waals surface area contributed by atoms with Gasteiger partial charge in [-0.1, -0.05) is 90.8 Å². The Bertz CT molecular complexity index is 1210. The topological polar surface area (TPSA) is 64.7 Å². The van der Waals surface area contributed by atoms with Gasteiger partial charge in [-0.05, 0) is 60.8 Å². The number of benzene rings is 3. The molecule has 0 aromatic heterocycles. The number of carbonyl (C=O) groups excluding carboxylic acids is 2. The number of halogens is 1. The monoisotopic (exact) mass is 572 g/mol. The zero-order chi connectivity index (χ0) is 28.9. The molecule has 0 saturated carbocycles. The summed E-state index contributed by atoms with van der Waals surface area (Å²) in [6.07, 6.45) is 6.84. The van der Waals surface area contributed by atoms with Crippen LogP contribution in [0.3, 0.4) is 0 Å². The molecule has 4 rings (SSSR count). The Morgan fingerprint density at radius 1 is 0.878 bits per heavy atom. The predicted octanol–water partition coefficient (Wildman–Crippen LogP) is 5.20. The fourth-order valence-corrected chi connectivity index (χ4v) is 5.40. The first-order valence-electron chi connectivity index (χ1n) is 14.5. The average molecular weight is 573 g/mol. The molecule has 0 aliphatic carbocycles. The van der Waals surface area contributed by atoms with Gasteiger partial charge >= 0.3 is 0 Å².